The van der Waals surface area contributed by atoms with Crippen molar-refractivity contribution in [2.24, 2.45) is 7.05 Å². The molecule has 0 saturated carbocycles. The van der Waals surface area contributed by atoms with Crippen molar-refractivity contribution < 1.29 is 19.1 Å². The molecule has 3 aromatic rings. The molecule has 0 aromatic carbocycles. The summed E-state index contributed by atoms with van der Waals surface area (Å²) >= 11 is 0. The molecule has 0 aliphatic heterocycles. The molecule has 3 heterocycles. The highest BCUT2D eigenvalue weighted by molar-refractivity contribution is 5.97. The molecule has 0 aliphatic rings. The third-order valence-corrected chi connectivity index (χ3v) is 3.93. The number of aromatic nitrogens is 3. The Morgan fingerprint density at radius 3 is 2.56 bits per heavy atom. The van der Waals surface area contributed by atoms with Crippen molar-refractivity contribution in [3.05, 3.63) is 59.4 Å². The van der Waals surface area contributed by atoms with Crippen molar-refractivity contribution in [2.75, 3.05) is 7.05 Å². The van der Waals surface area contributed by atoms with Gasteiger partial charge in [0.2, 0.25) is 0 Å². The molecular formula is C17H18N4O4. The predicted molar refractivity (Wildman–Crippen MR) is 88.7 cm³/mol. The maximum absolute atomic E-state index is 12.8. The van der Waals surface area contributed by atoms with Crippen molar-refractivity contribution in [3.8, 4) is 5.82 Å². The number of carboxylic acids is 1. The molecule has 0 fully saturated rings. The van der Waals surface area contributed by atoms with E-state index in [1.54, 1.807) is 25.7 Å². The third kappa shape index (κ3) is 3.06. The first-order valence-corrected chi connectivity index (χ1v) is 7.62. The number of hydrogen-bond donors (Lipinski definition) is 1. The minimum absolute atomic E-state index is 0.102. The molecule has 3 aromatic heterocycles. The number of aromatic carboxylic acids is 1. The fourth-order valence-corrected chi connectivity index (χ4v) is 2.71. The van der Waals surface area contributed by atoms with Gasteiger partial charge in [-0.15, -0.1) is 0 Å². The lowest BCUT2D eigenvalue weighted by molar-refractivity contribution is 0.0694. The Morgan fingerprint density at radius 1 is 1.28 bits per heavy atom. The highest BCUT2D eigenvalue weighted by Crippen LogP contribution is 2.19. The molecule has 0 spiro atoms. The summed E-state index contributed by atoms with van der Waals surface area (Å²) < 4.78 is 8.88. The quantitative estimate of drug-likeness (QED) is 0.766. The van der Waals surface area contributed by atoms with Gasteiger partial charge in [-0.05, 0) is 25.1 Å². The van der Waals surface area contributed by atoms with E-state index >= 15 is 0 Å². The summed E-state index contributed by atoms with van der Waals surface area (Å²) in [5.74, 6) is 0.102. The molecule has 3 rings (SSSR count). The minimum Gasteiger partial charge on any atom is -0.478 e. The Bertz CT molecular complexity index is 921. The Hall–Kier alpha value is -3.29. The normalized spacial score (nSPS) is 10.8. The maximum atomic E-state index is 12.8. The van der Waals surface area contributed by atoms with Crippen molar-refractivity contribution in [3.63, 3.8) is 0 Å². The number of furan rings is 1. The SMILES string of the molecule is Cc1oc(CN(C)C(=O)c2cnn(C)c2-n2cccc2)cc1C(=O)O. The van der Waals surface area contributed by atoms with Crippen LogP contribution >= 0.6 is 0 Å². The van der Waals surface area contributed by atoms with Gasteiger partial charge in [0.05, 0.1) is 12.7 Å². The molecule has 8 heteroatoms. The van der Waals surface area contributed by atoms with Gasteiger partial charge in [-0.1, -0.05) is 0 Å². The summed E-state index contributed by atoms with van der Waals surface area (Å²) in [6.45, 7) is 1.74. The lowest BCUT2D eigenvalue weighted by Gasteiger charge is -2.16. The highest BCUT2D eigenvalue weighted by Gasteiger charge is 2.22. The molecule has 0 unspecified atom stereocenters. The average molecular weight is 342 g/mol. The molecule has 25 heavy (non-hydrogen) atoms. The second-order valence-corrected chi connectivity index (χ2v) is 5.74. The number of carbonyl (C=O) groups is 2. The van der Waals surface area contributed by atoms with Gasteiger partial charge in [-0.3, -0.25) is 9.48 Å². The second-order valence-electron chi connectivity index (χ2n) is 5.74. The summed E-state index contributed by atoms with van der Waals surface area (Å²) in [6, 6.07) is 5.17. The summed E-state index contributed by atoms with van der Waals surface area (Å²) in [5, 5.41) is 13.3. The first kappa shape index (κ1) is 16.6. The molecule has 8 nitrogen and oxygen atoms in total. The zero-order chi connectivity index (χ0) is 18.1. The summed E-state index contributed by atoms with van der Waals surface area (Å²) in [6.07, 6.45) is 5.19. The highest BCUT2D eigenvalue weighted by atomic mass is 16.4. The van der Waals surface area contributed by atoms with Crippen LogP contribution in [0, 0.1) is 6.92 Å². The van der Waals surface area contributed by atoms with Crippen LogP contribution in [-0.2, 0) is 13.6 Å². The van der Waals surface area contributed by atoms with E-state index in [4.69, 9.17) is 9.52 Å². The molecule has 0 bridgehead atoms. The minimum atomic E-state index is -1.05. The van der Waals surface area contributed by atoms with Crippen molar-refractivity contribution in [1.82, 2.24) is 19.2 Å². The van der Waals surface area contributed by atoms with Crippen molar-refractivity contribution in [1.29, 1.82) is 0 Å². The van der Waals surface area contributed by atoms with Gasteiger partial charge in [0.25, 0.3) is 5.91 Å². The van der Waals surface area contributed by atoms with E-state index in [0.29, 0.717) is 22.9 Å². The van der Waals surface area contributed by atoms with Crippen LogP contribution in [0.25, 0.3) is 5.82 Å². The van der Waals surface area contributed by atoms with E-state index < -0.39 is 5.97 Å². The van der Waals surface area contributed by atoms with Crippen LogP contribution in [0.2, 0.25) is 0 Å². The van der Waals surface area contributed by atoms with E-state index in [9.17, 15) is 9.59 Å². The maximum Gasteiger partial charge on any atom is 0.339 e. The summed E-state index contributed by atoms with van der Waals surface area (Å²) in [7, 11) is 3.40. The van der Waals surface area contributed by atoms with Gasteiger partial charge in [0.15, 0.2) is 0 Å². The van der Waals surface area contributed by atoms with Crippen LogP contribution in [0.1, 0.15) is 32.2 Å². The van der Waals surface area contributed by atoms with Crippen molar-refractivity contribution >= 4 is 11.9 Å². The number of amides is 1. The first-order valence-electron chi connectivity index (χ1n) is 7.62. The van der Waals surface area contributed by atoms with Gasteiger partial charge >= 0.3 is 5.97 Å². The Morgan fingerprint density at radius 2 is 1.96 bits per heavy atom. The number of hydrogen-bond acceptors (Lipinski definition) is 4. The number of aryl methyl sites for hydroxylation is 2. The average Bonchev–Trinajstić information content (AvgIpc) is 3.26. The summed E-state index contributed by atoms with van der Waals surface area (Å²) in [5.41, 5.74) is 0.549. The van der Waals surface area contributed by atoms with E-state index in [1.165, 1.54) is 17.2 Å². The molecule has 130 valence electrons. The zero-order valence-corrected chi connectivity index (χ0v) is 14.1. The first-order chi connectivity index (χ1) is 11.9. The third-order valence-electron chi connectivity index (χ3n) is 3.93. The Balaban J connectivity index is 1.84. The number of carbonyl (C=O) groups excluding carboxylic acids is 1. The van der Waals surface area contributed by atoms with Crippen LogP contribution in [-0.4, -0.2) is 43.3 Å². The number of rotatable bonds is 5. The Kier molecular flexibility index (Phi) is 4.18. The lowest BCUT2D eigenvalue weighted by atomic mass is 10.2. The molecule has 1 N–H and O–H groups in total. The Labute approximate surface area is 143 Å². The molecular weight excluding hydrogens is 324 g/mol. The van der Waals surface area contributed by atoms with E-state index in [0.717, 1.165) is 0 Å². The molecule has 0 atom stereocenters. The molecule has 1 amide bonds. The van der Waals surface area contributed by atoms with Crippen LogP contribution < -0.4 is 0 Å². The van der Waals surface area contributed by atoms with Crippen LogP contribution in [0.15, 0.2) is 41.2 Å². The van der Waals surface area contributed by atoms with Gasteiger partial charge in [0.1, 0.15) is 28.5 Å². The lowest BCUT2D eigenvalue weighted by Crippen LogP contribution is -2.27. The molecule has 0 radical (unpaired) electrons. The van der Waals surface area contributed by atoms with Gasteiger partial charge in [-0.2, -0.15) is 5.10 Å². The van der Waals surface area contributed by atoms with E-state index in [-0.39, 0.29) is 18.0 Å². The van der Waals surface area contributed by atoms with E-state index in [2.05, 4.69) is 5.10 Å². The fourth-order valence-electron chi connectivity index (χ4n) is 2.71. The number of nitrogens with zero attached hydrogens (tertiary/aromatic N) is 4. The fraction of sp³-hybridized carbons (Fsp3) is 0.235. The standard InChI is InChI=1S/C17H18N4O4/c1-11-13(17(23)24)8-12(25-11)10-19(2)16(22)14-9-18-20(3)15(14)21-6-4-5-7-21/h4-9H,10H2,1-3H3,(H,23,24). The molecule has 0 aliphatic carbocycles. The van der Waals surface area contributed by atoms with Gasteiger partial charge < -0.3 is 19.0 Å². The molecule has 0 saturated heterocycles. The zero-order valence-electron chi connectivity index (χ0n) is 14.1. The van der Waals surface area contributed by atoms with Crippen molar-refractivity contribution in [2.45, 2.75) is 13.5 Å². The number of carboxylic acid groups (broad SMARTS) is 1. The monoisotopic (exact) mass is 342 g/mol. The largest absolute Gasteiger partial charge is 0.478 e. The van der Waals surface area contributed by atoms with Crippen LogP contribution in [0.3, 0.4) is 0 Å². The van der Waals surface area contributed by atoms with Gasteiger partial charge in [0, 0.05) is 26.5 Å². The predicted octanol–water partition coefficient (Wildman–Crippen LogP) is 2.08. The smallest absolute Gasteiger partial charge is 0.339 e. The topological polar surface area (TPSA) is 93.5 Å². The van der Waals surface area contributed by atoms with Crippen LogP contribution in [0.4, 0.5) is 0 Å². The summed E-state index contributed by atoms with van der Waals surface area (Å²) in [4.78, 5) is 25.4. The van der Waals surface area contributed by atoms with Gasteiger partial charge in [-0.25, -0.2) is 4.79 Å². The second kappa shape index (κ2) is 6.31. The van der Waals surface area contributed by atoms with Crippen LogP contribution in [0.5, 0.6) is 0 Å². The van der Waals surface area contributed by atoms with E-state index in [1.807, 2.05) is 29.1 Å².